The molecule has 1 aliphatic heterocycles. The third-order valence-electron chi connectivity index (χ3n) is 3.53. The van der Waals surface area contributed by atoms with Crippen LogP contribution in [0.1, 0.15) is 31.4 Å². The van der Waals surface area contributed by atoms with Gasteiger partial charge in [0, 0.05) is 0 Å². The standard InChI is InChI=1S/C16H22ClNO3/c1-4-18-15(11-6-5-7-21-10-11)12-8-13(17)16(20-3)14(9-12)19-2/h8-10,15,18H,4-7H2,1-3H3. The predicted molar refractivity (Wildman–Crippen MR) is 84.2 cm³/mol. The number of methoxy groups -OCH3 is 2. The van der Waals surface area contributed by atoms with E-state index in [4.69, 9.17) is 25.8 Å². The van der Waals surface area contributed by atoms with Gasteiger partial charge in [-0.2, -0.15) is 0 Å². The minimum atomic E-state index is 0.0765. The molecular weight excluding hydrogens is 290 g/mol. The highest BCUT2D eigenvalue weighted by Crippen LogP contribution is 2.39. The number of likely N-dealkylation sites (N-methyl/N-ethyl adjacent to an activating group) is 1. The lowest BCUT2D eigenvalue weighted by atomic mass is 9.95. The van der Waals surface area contributed by atoms with Crippen LogP contribution in [-0.2, 0) is 4.74 Å². The van der Waals surface area contributed by atoms with E-state index in [2.05, 4.69) is 12.2 Å². The van der Waals surface area contributed by atoms with Crippen LogP contribution in [0.5, 0.6) is 11.5 Å². The Morgan fingerprint density at radius 3 is 2.71 bits per heavy atom. The largest absolute Gasteiger partial charge is 0.501 e. The van der Waals surface area contributed by atoms with E-state index in [0.29, 0.717) is 16.5 Å². The molecule has 21 heavy (non-hydrogen) atoms. The molecule has 2 rings (SSSR count). The molecule has 0 saturated heterocycles. The number of hydrogen-bond donors (Lipinski definition) is 1. The van der Waals surface area contributed by atoms with Crippen LogP contribution in [0, 0.1) is 0 Å². The highest BCUT2D eigenvalue weighted by molar-refractivity contribution is 6.32. The molecule has 0 fully saturated rings. The lowest BCUT2D eigenvalue weighted by Crippen LogP contribution is -2.24. The minimum Gasteiger partial charge on any atom is -0.501 e. The first-order valence-corrected chi connectivity index (χ1v) is 7.54. The first kappa shape index (κ1) is 16.0. The Morgan fingerprint density at radius 1 is 1.33 bits per heavy atom. The van der Waals surface area contributed by atoms with Crippen molar-refractivity contribution in [2.45, 2.75) is 25.8 Å². The van der Waals surface area contributed by atoms with E-state index < -0.39 is 0 Å². The van der Waals surface area contributed by atoms with E-state index in [1.165, 1.54) is 5.57 Å². The molecule has 0 bridgehead atoms. The summed E-state index contributed by atoms with van der Waals surface area (Å²) in [7, 11) is 3.20. The molecule has 1 aromatic carbocycles. The average molecular weight is 312 g/mol. The summed E-state index contributed by atoms with van der Waals surface area (Å²) in [5, 5.41) is 4.03. The zero-order valence-electron chi connectivity index (χ0n) is 12.7. The molecule has 1 atom stereocenters. The van der Waals surface area contributed by atoms with Crippen LogP contribution in [-0.4, -0.2) is 27.4 Å². The molecule has 0 spiro atoms. The second-order valence-corrected chi connectivity index (χ2v) is 5.30. The molecule has 1 heterocycles. The fraction of sp³-hybridized carbons (Fsp3) is 0.500. The molecule has 0 radical (unpaired) electrons. The van der Waals surface area contributed by atoms with Crippen molar-refractivity contribution in [2.24, 2.45) is 0 Å². The lowest BCUT2D eigenvalue weighted by Gasteiger charge is -2.25. The summed E-state index contributed by atoms with van der Waals surface area (Å²) in [5.74, 6) is 1.20. The summed E-state index contributed by atoms with van der Waals surface area (Å²) in [6, 6.07) is 3.96. The maximum atomic E-state index is 6.31. The number of halogens is 1. The van der Waals surface area contributed by atoms with Gasteiger partial charge in [-0.15, -0.1) is 0 Å². The molecule has 0 saturated carbocycles. The quantitative estimate of drug-likeness (QED) is 0.869. The number of ether oxygens (including phenoxy) is 3. The molecule has 1 aromatic rings. The van der Waals surface area contributed by atoms with E-state index >= 15 is 0 Å². The van der Waals surface area contributed by atoms with Gasteiger partial charge in [0.25, 0.3) is 0 Å². The number of hydrogen-bond acceptors (Lipinski definition) is 4. The third-order valence-corrected chi connectivity index (χ3v) is 3.81. The van der Waals surface area contributed by atoms with Crippen LogP contribution < -0.4 is 14.8 Å². The molecule has 1 unspecified atom stereocenters. The van der Waals surface area contributed by atoms with Crippen molar-refractivity contribution in [1.29, 1.82) is 0 Å². The highest BCUT2D eigenvalue weighted by Gasteiger charge is 2.21. The van der Waals surface area contributed by atoms with Gasteiger partial charge in [-0.25, -0.2) is 0 Å². The van der Waals surface area contributed by atoms with Gasteiger partial charge in [-0.1, -0.05) is 18.5 Å². The first-order chi connectivity index (χ1) is 10.2. The Morgan fingerprint density at radius 2 is 2.14 bits per heavy atom. The Hall–Kier alpha value is -1.39. The van der Waals surface area contributed by atoms with Crippen molar-refractivity contribution in [3.63, 3.8) is 0 Å². The van der Waals surface area contributed by atoms with E-state index in [1.807, 2.05) is 18.4 Å². The van der Waals surface area contributed by atoms with Crippen LogP contribution in [0.3, 0.4) is 0 Å². The topological polar surface area (TPSA) is 39.7 Å². The number of rotatable bonds is 6. The van der Waals surface area contributed by atoms with Crippen LogP contribution in [0.25, 0.3) is 0 Å². The maximum Gasteiger partial charge on any atom is 0.179 e. The van der Waals surface area contributed by atoms with Gasteiger partial charge in [0.1, 0.15) is 0 Å². The van der Waals surface area contributed by atoms with Gasteiger partial charge >= 0.3 is 0 Å². The van der Waals surface area contributed by atoms with Crippen molar-refractivity contribution in [3.05, 3.63) is 34.6 Å². The number of nitrogens with one attached hydrogen (secondary N) is 1. The summed E-state index contributed by atoms with van der Waals surface area (Å²) in [6.45, 7) is 3.72. The van der Waals surface area contributed by atoms with Gasteiger partial charge in [0.15, 0.2) is 11.5 Å². The second kappa shape index (κ2) is 7.57. The van der Waals surface area contributed by atoms with Crippen LogP contribution >= 0.6 is 11.6 Å². The van der Waals surface area contributed by atoms with E-state index in [9.17, 15) is 0 Å². The van der Waals surface area contributed by atoms with E-state index in [0.717, 1.165) is 31.6 Å². The second-order valence-electron chi connectivity index (χ2n) is 4.90. The van der Waals surface area contributed by atoms with E-state index in [-0.39, 0.29) is 6.04 Å². The molecule has 0 aromatic heterocycles. The molecule has 116 valence electrons. The maximum absolute atomic E-state index is 6.31. The minimum absolute atomic E-state index is 0.0765. The van der Waals surface area contributed by atoms with Crippen molar-refractivity contribution in [2.75, 3.05) is 27.4 Å². The Kier molecular flexibility index (Phi) is 5.76. The third kappa shape index (κ3) is 3.63. The van der Waals surface area contributed by atoms with Gasteiger partial charge in [-0.05, 0) is 42.7 Å². The zero-order valence-corrected chi connectivity index (χ0v) is 13.5. The molecule has 1 N–H and O–H groups in total. The lowest BCUT2D eigenvalue weighted by molar-refractivity contribution is 0.219. The van der Waals surface area contributed by atoms with Crippen LogP contribution in [0.4, 0.5) is 0 Å². The van der Waals surface area contributed by atoms with Gasteiger partial charge in [-0.3, -0.25) is 0 Å². The molecule has 0 amide bonds. The molecule has 0 aliphatic carbocycles. The van der Waals surface area contributed by atoms with Crippen molar-refractivity contribution < 1.29 is 14.2 Å². The Labute approximate surface area is 131 Å². The Balaban J connectivity index is 2.40. The summed E-state index contributed by atoms with van der Waals surface area (Å²) in [6.07, 6.45) is 3.92. The Bertz CT molecular complexity index is 516. The predicted octanol–water partition coefficient (Wildman–Crippen LogP) is 3.70. The summed E-state index contributed by atoms with van der Waals surface area (Å²) < 4.78 is 16.1. The number of benzene rings is 1. The van der Waals surface area contributed by atoms with E-state index in [1.54, 1.807) is 14.2 Å². The van der Waals surface area contributed by atoms with Crippen LogP contribution in [0.2, 0.25) is 5.02 Å². The SMILES string of the molecule is CCNC(C1=COCCC1)c1cc(Cl)c(OC)c(OC)c1. The summed E-state index contributed by atoms with van der Waals surface area (Å²) in [4.78, 5) is 0. The smallest absolute Gasteiger partial charge is 0.179 e. The normalized spacial score (nSPS) is 15.9. The molecule has 4 nitrogen and oxygen atoms in total. The molecule has 5 heteroatoms. The molecular formula is C16H22ClNO3. The van der Waals surface area contributed by atoms with Crippen molar-refractivity contribution in [3.8, 4) is 11.5 Å². The zero-order chi connectivity index (χ0) is 15.2. The summed E-state index contributed by atoms with van der Waals surface area (Å²) in [5.41, 5.74) is 2.28. The average Bonchev–Trinajstić information content (AvgIpc) is 2.52. The van der Waals surface area contributed by atoms with Gasteiger partial charge in [0.2, 0.25) is 0 Å². The fourth-order valence-corrected chi connectivity index (χ4v) is 2.86. The van der Waals surface area contributed by atoms with Crippen molar-refractivity contribution in [1.82, 2.24) is 5.32 Å². The monoisotopic (exact) mass is 311 g/mol. The highest BCUT2D eigenvalue weighted by atomic mass is 35.5. The van der Waals surface area contributed by atoms with Crippen molar-refractivity contribution >= 4 is 11.6 Å². The summed E-state index contributed by atoms with van der Waals surface area (Å²) >= 11 is 6.31. The first-order valence-electron chi connectivity index (χ1n) is 7.16. The molecule has 1 aliphatic rings. The van der Waals surface area contributed by atoms with Gasteiger partial charge < -0.3 is 19.5 Å². The van der Waals surface area contributed by atoms with Gasteiger partial charge in [0.05, 0.1) is 38.2 Å². The van der Waals surface area contributed by atoms with Crippen LogP contribution in [0.15, 0.2) is 24.0 Å². The fourth-order valence-electron chi connectivity index (χ4n) is 2.57.